The molecule has 0 bridgehead atoms. The number of aliphatic hydroxyl groups excluding tert-OH is 1. The number of carbonyl (C=O) groups excluding carboxylic acids is 4. The van der Waals surface area contributed by atoms with Crippen LogP contribution < -0.4 is 0 Å². The van der Waals surface area contributed by atoms with Crippen LogP contribution in [0.3, 0.4) is 0 Å². The molecule has 0 aromatic rings. The van der Waals surface area contributed by atoms with Gasteiger partial charge in [0.2, 0.25) is 0 Å². The Kier molecular flexibility index (Phi) is 58.5. The van der Waals surface area contributed by atoms with Gasteiger partial charge in [-0.1, -0.05) is 293 Å². The van der Waals surface area contributed by atoms with Crippen molar-refractivity contribution in [3.63, 3.8) is 0 Å². The zero-order valence-electron chi connectivity index (χ0n) is 58.1. The summed E-state index contributed by atoms with van der Waals surface area (Å²) >= 11 is 0. The van der Waals surface area contributed by atoms with Crippen LogP contribution in [0.15, 0.2) is 0 Å². The van der Waals surface area contributed by atoms with Gasteiger partial charge in [-0.25, -0.2) is 9.13 Å². The van der Waals surface area contributed by atoms with Crippen molar-refractivity contribution in [2.24, 2.45) is 23.7 Å². The average Bonchev–Trinajstić information content (AvgIpc) is 3.58. The van der Waals surface area contributed by atoms with Gasteiger partial charge < -0.3 is 33.8 Å². The summed E-state index contributed by atoms with van der Waals surface area (Å²) < 4.78 is 68.2. The Balaban J connectivity index is 5.21. The Labute approximate surface area is 543 Å². The maximum absolute atomic E-state index is 13.0. The second-order valence-corrected chi connectivity index (χ2v) is 30.1. The first kappa shape index (κ1) is 87.1. The van der Waals surface area contributed by atoms with Crippen molar-refractivity contribution >= 4 is 39.5 Å². The number of carbonyl (C=O) groups is 4. The summed E-state index contributed by atoms with van der Waals surface area (Å²) in [6.07, 6.45) is 41.9. The summed E-state index contributed by atoms with van der Waals surface area (Å²) in [5.74, 6) is 0.801. The molecule has 0 aliphatic carbocycles. The van der Waals surface area contributed by atoms with Crippen LogP contribution in [0.5, 0.6) is 0 Å². The molecule has 0 fully saturated rings. The summed E-state index contributed by atoms with van der Waals surface area (Å²) in [6, 6.07) is 0. The molecule has 0 rings (SSSR count). The van der Waals surface area contributed by atoms with Gasteiger partial charge in [0.25, 0.3) is 0 Å². The molecule has 5 atom stereocenters. The quantitative estimate of drug-likeness (QED) is 0.0222. The second kappa shape index (κ2) is 59.8. The highest BCUT2D eigenvalue weighted by molar-refractivity contribution is 7.47. The Bertz CT molecular complexity index is 1760. The Morgan fingerprint density at radius 1 is 0.281 bits per heavy atom. The van der Waals surface area contributed by atoms with E-state index in [4.69, 9.17) is 37.0 Å². The van der Waals surface area contributed by atoms with E-state index in [1.807, 2.05) is 0 Å². The fourth-order valence-electron chi connectivity index (χ4n) is 10.5. The highest BCUT2D eigenvalue weighted by Crippen LogP contribution is 2.45. The van der Waals surface area contributed by atoms with Crippen molar-refractivity contribution in [2.45, 2.75) is 363 Å². The number of ether oxygens (including phenoxy) is 4. The van der Waals surface area contributed by atoms with Gasteiger partial charge in [0.15, 0.2) is 12.2 Å². The van der Waals surface area contributed by atoms with Crippen LogP contribution in [0, 0.1) is 23.7 Å². The van der Waals surface area contributed by atoms with Gasteiger partial charge in [-0.15, -0.1) is 0 Å². The third kappa shape index (κ3) is 64.6. The van der Waals surface area contributed by atoms with Crippen LogP contribution in [-0.4, -0.2) is 96.7 Å². The van der Waals surface area contributed by atoms with Crippen molar-refractivity contribution in [1.82, 2.24) is 0 Å². The van der Waals surface area contributed by atoms with E-state index in [9.17, 15) is 43.2 Å². The Morgan fingerprint density at radius 3 is 0.697 bits per heavy atom. The normalized spacial score (nSPS) is 14.3. The number of esters is 4. The largest absolute Gasteiger partial charge is 0.472 e. The lowest BCUT2D eigenvalue weighted by Crippen LogP contribution is -2.30. The fraction of sp³-hybridized carbons (Fsp3) is 0.943. The van der Waals surface area contributed by atoms with E-state index in [1.54, 1.807) is 0 Å². The average molecular weight is 1310 g/mol. The monoisotopic (exact) mass is 1310 g/mol. The third-order valence-corrected chi connectivity index (χ3v) is 18.0. The summed E-state index contributed by atoms with van der Waals surface area (Å²) in [4.78, 5) is 72.5. The van der Waals surface area contributed by atoms with E-state index in [0.717, 1.165) is 108 Å². The number of phosphoric acid groups is 2. The van der Waals surface area contributed by atoms with Gasteiger partial charge in [0, 0.05) is 25.7 Å². The molecule has 0 spiro atoms. The van der Waals surface area contributed by atoms with Gasteiger partial charge in [-0.2, -0.15) is 0 Å². The van der Waals surface area contributed by atoms with Gasteiger partial charge in [0.1, 0.15) is 19.3 Å². The minimum atomic E-state index is -4.95. The van der Waals surface area contributed by atoms with E-state index in [-0.39, 0.29) is 25.7 Å². The van der Waals surface area contributed by atoms with Gasteiger partial charge in [-0.3, -0.25) is 37.3 Å². The number of hydrogen-bond donors (Lipinski definition) is 3. The lowest BCUT2D eigenvalue weighted by atomic mass is 10.0. The number of rotatable bonds is 67. The molecule has 0 saturated carbocycles. The van der Waals surface area contributed by atoms with Crippen molar-refractivity contribution in [1.29, 1.82) is 0 Å². The second-order valence-electron chi connectivity index (χ2n) is 27.2. The van der Waals surface area contributed by atoms with E-state index >= 15 is 0 Å². The molecule has 19 heteroatoms. The number of aliphatic hydroxyl groups is 1. The first-order valence-electron chi connectivity index (χ1n) is 36.2. The molecule has 0 saturated heterocycles. The molecule has 0 aliphatic rings. The molecular weight excluding hydrogens is 1170 g/mol. The molecule has 0 aliphatic heterocycles. The van der Waals surface area contributed by atoms with Gasteiger partial charge in [0.05, 0.1) is 26.4 Å². The molecule has 2 unspecified atom stereocenters. The summed E-state index contributed by atoms with van der Waals surface area (Å²) in [6.45, 7) is 14.0. The molecule has 0 radical (unpaired) electrons. The number of phosphoric ester groups is 2. The smallest absolute Gasteiger partial charge is 0.462 e. The number of hydrogen-bond acceptors (Lipinski definition) is 15. The number of unbranched alkanes of at least 4 members (excludes halogenated alkanes) is 33. The van der Waals surface area contributed by atoms with Crippen molar-refractivity contribution in [3.8, 4) is 0 Å². The van der Waals surface area contributed by atoms with Crippen LogP contribution >= 0.6 is 15.6 Å². The summed E-state index contributed by atoms with van der Waals surface area (Å²) in [7, 11) is -9.90. The topological polar surface area (TPSA) is 237 Å². The van der Waals surface area contributed by atoms with Gasteiger partial charge >= 0.3 is 39.5 Å². The van der Waals surface area contributed by atoms with Crippen LogP contribution in [-0.2, 0) is 65.4 Å². The fourth-order valence-corrected chi connectivity index (χ4v) is 12.1. The lowest BCUT2D eigenvalue weighted by molar-refractivity contribution is -0.161. The molecule has 0 aromatic carbocycles. The minimum Gasteiger partial charge on any atom is -0.462 e. The highest BCUT2D eigenvalue weighted by atomic mass is 31.2. The SMILES string of the molecule is CC(C)CCCCCCCCCCCCCCC(=O)OC[C@H](COP(=O)(O)OC[C@@H](O)COP(=O)(O)OC[C@@H](COC(=O)CCCCCCCCC(C)C)OC(=O)CCCCCCCCCCCCCCC(C)C)OC(=O)CCCCCCCCCC(C)C. The van der Waals surface area contributed by atoms with Crippen LogP contribution in [0.25, 0.3) is 0 Å². The molecule has 89 heavy (non-hydrogen) atoms. The highest BCUT2D eigenvalue weighted by Gasteiger charge is 2.30. The van der Waals surface area contributed by atoms with Crippen LogP contribution in [0.2, 0.25) is 0 Å². The molecule has 0 amide bonds. The van der Waals surface area contributed by atoms with Crippen molar-refractivity contribution in [2.75, 3.05) is 39.6 Å². The summed E-state index contributed by atoms with van der Waals surface area (Å²) in [5, 5.41) is 10.6. The van der Waals surface area contributed by atoms with Crippen molar-refractivity contribution < 1.29 is 80.2 Å². The predicted molar refractivity (Wildman–Crippen MR) is 358 cm³/mol. The maximum Gasteiger partial charge on any atom is 0.472 e. The minimum absolute atomic E-state index is 0.103. The van der Waals surface area contributed by atoms with E-state index in [1.165, 1.54) is 141 Å². The zero-order valence-corrected chi connectivity index (χ0v) is 59.8. The molecule has 528 valence electrons. The van der Waals surface area contributed by atoms with Crippen molar-refractivity contribution in [3.05, 3.63) is 0 Å². The first-order valence-corrected chi connectivity index (χ1v) is 39.2. The Hall–Kier alpha value is -1.94. The molecular formula is C70H136O17P2. The zero-order chi connectivity index (χ0) is 66.1. The van der Waals surface area contributed by atoms with E-state index < -0.39 is 97.5 Å². The van der Waals surface area contributed by atoms with Crippen LogP contribution in [0.1, 0.15) is 344 Å². The van der Waals surface area contributed by atoms with Crippen LogP contribution in [0.4, 0.5) is 0 Å². The molecule has 0 heterocycles. The molecule has 3 N–H and O–H groups in total. The first-order chi connectivity index (χ1) is 42.6. The molecule has 0 aromatic heterocycles. The lowest BCUT2D eigenvalue weighted by Gasteiger charge is -2.21. The standard InChI is InChI=1S/C70H136O17P2/c1-60(2)46-38-30-22-17-13-9-11-15-19-25-34-42-50-67(72)80-56-65(87-70(75)53-45-37-27-21-24-32-40-48-62(5)6)58-84-88(76,77)82-54-64(71)55-83-89(78,79)85-59-66(57-81-68(73)51-43-35-29-28-33-41-49-63(7)8)86-69(74)52-44-36-26-20-16-12-10-14-18-23-31-39-47-61(3)4/h60-66,71H,9-59H2,1-8H3,(H,76,77)(H,78,79)/t64-,65-,66-/m1/s1. The molecule has 17 nitrogen and oxygen atoms in total. The maximum atomic E-state index is 13.0. The summed E-state index contributed by atoms with van der Waals surface area (Å²) in [5.41, 5.74) is 0. The Morgan fingerprint density at radius 2 is 0.472 bits per heavy atom. The van der Waals surface area contributed by atoms with E-state index in [0.29, 0.717) is 37.5 Å². The predicted octanol–water partition coefficient (Wildman–Crippen LogP) is 19.7. The third-order valence-electron chi connectivity index (χ3n) is 16.1. The van der Waals surface area contributed by atoms with Gasteiger partial charge in [-0.05, 0) is 49.4 Å². The van der Waals surface area contributed by atoms with E-state index in [2.05, 4.69) is 55.4 Å².